The van der Waals surface area contributed by atoms with Crippen LogP contribution < -0.4 is 0 Å². The van der Waals surface area contributed by atoms with E-state index in [1.54, 1.807) is 18.2 Å². The van der Waals surface area contributed by atoms with Crippen LogP contribution in [0.25, 0.3) is 10.8 Å². The summed E-state index contributed by atoms with van der Waals surface area (Å²) in [4.78, 5) is 12.3. The average molecular weight is 257 g/mol. The average Bonchev–Trinajstić information content (AvgIpc) is 2.84. The van der Waals surface area contributed by atoms with Gasteiger partial charge < -0.3 is 4.42 Å². The van der Waals surface area contributed by atoms with Crippen molar-refractivity contribution in [1.29, 1.82) is 0 Å². The first kappa shape index (κ1) is 11.1. The number of furan rings is 1. The van der Waals surface area contributed by atoms with Gasteiger partial charge in [0.25, 0.3) is 0 Å². The maximum absolute atomic E-state index is 12.3. The van der Waals surface area contributed by atoms with Crippen molar-refractivity contribution in [2.45, 2.75) is 0 Å². The van der Waals surface area contributed by atoms with Gasteiger partial charge in [0.2, 0.25) is 5.78 Å². The molecule has 0 bridgehead atoms. The lowest BCUT2D eigenvalue weighted by molar-refractivity contribution is 0.101. The standard InChI is InChI=1S/C15H9ClO2/c16-14-9-8-13(18-14)15(17)12-7-3-5-10-4-1-2-6-11(10)12/h1-9H. The molecule has 3 heteroatoms. The molecule has 0 amide bonds. The Morgan fingerprint density at radius 2 is 1.72 bits per heavy atom. The number of halogens is 1. The van der Waals surface area contributed by atoms with E-state index in [-0.39, 0.29) is 16.8 Å². The first-order valence-electron chi connectivity index (χ1n) is 5.53. The van der Waals surface area contributed by atoms with Crippen molar-refractivity contribution >= 4 is 28.2 Å². The third kappa shape index (κ3) is 1.81. The van der Waals surface area contributed by atoms with E-state index in [2.05, 4.69) is 0 Å². The van der Waals surface area contributed by atoms with E-state index in [0.717, 1.165) is 10.8 Å². The monoisotopic (exact) mass is 256 g/mol. The molecule has 3 aromatic rings. The highest BCUT2D eigenvalue weighted by Crippen LogP contribution is 2.23. The highest BCUT2D eigenvalue weighted by molar-refractivity contribution is 6.29. The van der Waals surface area contributed by atoms with Crippen molar-refractivity contribution in [2.75, 3.05) is 0 Å². The van der Waals surface area contributed by atoms with Gasteiger partial charge >= 0.3 is 0 Å². The van der Waals surface area contributed by atoms with Crippen LogP contribution in [-0.2, 0) is 0 Å². The third-order valence-electron chi connectivity index (χ3n) is 2.83. The summed E-state index contributed by atoms with van der Waals surface area (Å²) in [6, 6.07) is 16.5. The topological polar surface area (TPSA) is 30.2 Å². The van der Waals surface area contributed by atoms with Crippen LogP contribution in [0, 0.1) is 0 Å². The van der Waals surface area contributed by atoms with Gasteiger partial charge in [-0.05, 0) is 34.5 Å². The largest absolute Gasteiger partial charge is 0.441 e. The first-order valence-corrected chi connectivity index (χ1v) is 5.91. The van der Waals surface area contributed by atoms with Gasteiger partial charge in [-0.25, -0.2) is 0 Å². The number of fused-ring (bicyclic) bond motifs is 1. The molecule has 2 nitrogen and oxygen atoms in total. The second kappa shape index (κ2) is 4.31. The molecule has 0 aliphatic heterocycles. The molecular formula is C15H9ClO2. The van der Waals surface area contributed by atoms with E-state index in [0.29, 0.717) is 5.56 Å². The number of carbonyl (C=O) groups is 1. The maximum Gasteiger partial charge on any atom is 0.228 e. The Kier molecular flexibility index (Phi) is 2.65. The summed E-state index contributed by atoms with van der Waals surface area (Å²) in [7, 11) is 0. The summed E-state index contributed by atoms with van der Waals surface area (Å²) in [6.45, 7) is 0. The van der Waals surface area contributed by atoms with Gasteiger partial charge in [-0.2, -0.15) is 0 Å². The fourth-order valence-corrected chi connectivity index (χ4v) is 2.14. The summed E-state index contributed by atoms with van der Waals surface area (Å²) in [5, 5.41) is 2.16. The van der Waals surface area contributed by atoms with Crippen LogP contribution in [0.15, 0.2) is 59.0 Å². The van der Waals surface area contributed by atoms with Gasteiger partial charge in [-0.3, -0.25) is 4.79 Å². The van der Waals surface area contributed by atoms with Crippen molar-refractivity contribution in [1.82, 2.24) is 0 Å². The van der Waals surface area contributed by atoms with E-state index < -0.39 is 0 Å². The molecule has 0 saturated heterocycles. The zero-order chi connectivity index (χ0) is 12.5. The van der Waals surface area contributed by atoms with Crippen molar-refractivity contribution in [2.24, 2.45) is 0 Å². The van der Waals surface area contributed by atoms with Gasteiger partial charge in [0.05, 0.1) is 0 Å². The molecule has 0 spiro atoms. The smallest absolute Gasteiger partial charge is 0.228 e. The number of benzene rings is 2. The van der Waals surface area contributed by atoms with Crippen LogP contribution in [0.1, 0.15) is 16.1 Å². The molecule has 0 aliphatic rings. The van der Waals surface area contributed by atoms with Crippen molar-refractivity contribution in [3.8, 4) is 0 Å². The van der Waals surface area contributed by atoms with Crippen LogP contribution in [0.4, 0.5) is 0 Å². The fourth-order valence-electron chi connectivity index (χ4n) is 1.99. The highest BCUT2D eigenvalue weighted by atomic mass is 35.5. The molecule has 0 atom stereocenters. The van der Waals surface area contributed by atoms with E-state index in [9.17, 15) is 4.79 Å². The zero-order valence-electron chi connectivity index (χ0n) is 9.39. The molecule has 0 saturated carbocycles. The van der Waals surface area contributed by atoms with Crippen molar-refractivity contribution in [3.05, 3.63) is 71.1 Å². The Labute approximate surface area is 109 Å². The van der Waals surface area contributed by atoms with Crippen LogP contribution in [0.3, 0.4) is 0 Å². The molecule has 1 heterocycles. The summed E-state index contributed by atoms with van der Waals surface area (Å²) >= 11 is 5.69. The molecule has 3 rings (SSSR count). The number of hydrogen-bond acceptors (Lipinski definition) is 2. The van der Waals surface area contributed by atoms with Gasteiger partial charge in [0, 0.05) is 5.56 Å². The summed E-state index contributed by atoms with van der Waals surface area (Å²) in [5.41, 5.74) is 0.624. The molecule has 0 N–H and O–H groups in total. The second-order valence-corrected chi connectivity index (χ2v) is 4.33. The van der Waals surface area contributed by atoms with Gasteiger partial charge in [0.1, 0.15) is 0 Å². The van der Waals surface area contributed by atoms with E-state index in [4.69, 9.17) is 16.0 Å². The van der Waals surface area contributed by atoms with Gasteiger partial charge in [0.15, 0.2) is 11.0 Å². The molecule has 2 aromatic carbocycles. The van der Waals surface area contributed by atoms with Crippen LogP contribution in [0.5, 0.6) is 0 Å². The molecular weight excluding hydrogens is 248 g/mol. The minimum absolute atomic E-state index is 0.154. The summed E-state index contributed by atoms with van der Waals surface area (Å²) < 4.78 is 5.16. The van der Waals surface area contributed by atoms with Crippen LogP contribution >= 0.6 is 11.6 Å². The number of carbonyl (C=O) groups excluding carboxylic acids is 1. The van der Waals surface area contributed by atoms with Crippen LogP contribution in [-0.4, -0.2) is 5.78 Å². The van der Waals surface area contributed by atoms with Crippen LogP contribution in [0.2, 0.25) is 5.22 Å². The lowest BCUT2D eigenvalue weighted by Gasteiger charge is -2.03. The molecule has 88 valence electrons. The molecule has 0 fully saturated rings. The number of hydrogen-bond donors (Lipinski definition) is 0. The molecule has 18 heavy (non-hydrogen) atoms. The van der Waals surface area contributed by atoms with Gasteiger partial charge in [-0.1, -0.05) is 42.5 Å². The van der Waals surface area contributed by atoms with Gasteiger partial charge in [-0.15, -0.1) is 0 Å². The number of rotatable bonds is 2. The Bertz CT molecular complexity index is 723. The molecule has 0 unspecified atom stereocenters. The molecule has 0 radical (unpaired) electrons. The molecule has 0 aliphatic carbocycles. The quantitative estimate of drug-likeness (QED) is 0.639. The first-order chi connectivity index (χ1) is 8.75. The summed E-state index contributed by atoms with van der Waals surface area (Å²) in [6.07, 6.45) is 0. The fraction of sp³-hybridized carbons (Fsp3) is 0. The van der Waals surface area contributed by atoms with E-state index >= 15 is 0 Å². The van der Waals surface area contributed by atoms with E-state index in [1.165, 1.54) is 0 Å². The minimum atomic E-state index is -0.154. The number of ketones is 1. The SMILES string of the molecule is O=C(c1ccc(Cl)o1)c1cccc2ccccc12. The van der Waals surface area contributed by atoms with Crippen molar-refractivity contribution in [3.63, 3.8) is 0 Å². The minimum Gasteiger partial charge on any atom is -0.441 e. The Hall–Kier alpha value is -2.06. The predicted octanol–water partition coefficient (Wildman–Crippen LogP) is 4.32. The molecule has 1 aromatic heterocycles. The lowest BCUT2D eigenvalue weighted by atomic mass is 10.0. The second-order valence-electron chi connectivity index (χ2n) is 3.96. The Morgan fingerprint density at radius 1 is 0.944 bits per heavy atom. The summed E-state index contributed by atoms with van der Waals surface area (Å²) in [5.74, 6) is 0.107. The Balaban J connectivity index is 2.17. The van der Waals surface area contributed by atoms with Crippen molar-refractivity contribution < 1.29 is 9.21 Å². The predicted molar refractivity (Wildman–Crippen MR) is 71.1 cm³/mol. The highest BCUT2D eigenvalue weighted by Gasteiger charge is 2.15. The normalized spacial score (nSPS) is 10.7. The lowest BCUT2D eigenvalue weighted by Crippen LogP contribution is -2.00. The Morgan fingerprint density at radius 3 is 2.50 bits per heavy atom. The van der Waals surface area contributed by atoms with E-state index in [1.807, 2.05) is 36.4 Å². The maximum atomic E-state index is 12.3. The zero-order valence-corrected chi connectivity index (χ0v) is 10.1. The third-order valence-corrected chi connectivity index (χ3v) is 3.03.